The fraction of sp³-hybridized carbons (Fsp3) is 0.333. The number of nitrogens with zero attached hydrogens (tertiary/aromatic N) is 2. The van der Waals surface area contributed by atoms with Crippen molar-refractivity contribution >= 4 is 17.6 Å². The highest BCUT2D eigenvalue weighted by Crippen LogP contribution is 2.26. The maximum Gasteiger partial charge on any atom is 0.131 e. The van der Waals surface area contributed by atoms with E-state index in [0.29, 0.717) is 5.82 Å². The van der Waals surface area contributed by atoms with Gasteiger partial charge in [0.2, 0.25) is 0 Å². The van der Waals surface area contributed by atoms with Gasteiger partial charge in [-0.2, -0.15) is 0 Å². The molecule has 0 atom stereocenters. The number of hydrogen-bond donors (Lipinski definition) is 1. The van der Waals surface area contributed by atoms with Crippen LogP contribution in [0, 0.1) is 6.92 Å². The number of hydrogen-bond acceptors (Lipinski definition) is 5. The Balaban J connectivity index is 2.17. The molecule has 2 aromatic rings. The molecule has 2 aromatic heterocycles. The van der Waals surface area contributed by atoms with Crippen molar-refractivity contribution in [2.75, 3.05) is 5.73 Å². The van der Waals surface area contributed by atoms with E-state index in [-0.39, 0.29) is 0 Å². The van der Waals surface area contributed by atoms with Crippen LogP contribution in [0.15, 0.2) is 27.8 Å². The topological polar surface area (TPSA) is 64.9 Å². The normalized spacial score (nSPS) is 10.7. The molecular weight excluding hydrogens is 234 g/mol. The van der Waals surface area contributed by atoms with Gasteiger partial charge in [-0.1, -0.05) is 18.7 Å². The fourth-order valence-electron chi connectivity index (χ4n) is 1.39. The Morgan fingerprint density at radius 2 is 2.24 bits per heavy atom. The number of aromatic nitrogens is 2. The Labute approximate surface area is 105 Å². The molecule has 0 aliphatic rings. The quantitative estimate of drug-likeness (QED) is 0.666. The van der Waals surface area contributed by atoms with Crippen molar-refractivity contribution in [3.05, 3.63) is 35.5 Å². The predicted octanol–water partition coefficient (Wildman–Crippen LogP) is 2.81. The van der Waals surface area contributed by atoms with Crippen LogP contribution >= 0.6 is 11.8 Å². The average molecular weight is 249 g/mol. The van der Waals surface area contributed by atoms with Crippen LogP contribution in [-0.2, 0) is 12.2 Å². The van der Waals surface area contributed by atoms with Crippen molar-refractivity contribution in [1.29, 1.82) is 0 Å². The Hall–Kier alpha value is -1.49. The third-order valence-corrected chi connectivity index (χ3v) is 3.53. The second-order valence-electron chi connectivity index (χ2n) is 3.68. The summed E-state index contributed by atoms with van der Waals surface area (Å²) in [6, 6.07) is 3.84. The molecule has 0 bridgehead atoms. The molecule has 0 aliphatic heterocycles. The molecule has 0 saturated carbocycles. The molecule has 0 unspecified atom stereocenters. The first kappa shape index (κ1) is 12.0. The minimum absolute atomic E-state index is 0.568. The van der Waals surface area contributed by atoms with Gasteiger partial charge in [0.15, 0.2) is 0 Å². The Bertz CT molecular complexity index is 497. The lowest BCUT2D eigenvalue weighted by molar-refractivity contribution is 0.530. The third kappa shape index (κ3) is 2.79. The molecule has 0 aliphatic carbocycles. The molecule has 4 nitrogen and oxygen atoms in total. The summed E-state index contributed by atoms with van der Waals surface area (Å²) in [4.78, 5) is 8.71. The minimum Gasteiger partial charge on any atom is -0.468 e. The van der Waals surface area contributed by atoms with E-state index < -0.39 is 0 Å². The molecule has 0 fully saturated rings. The van der Waals surface area contributed by atoms with Gasteiger partial charge in [0.05, 0.1) is 12.0 Å². The first-order valence-electron chi connectivity index (χ1n) is 5.49. The van der Waals surface area contributed by atoms with Gasteiger partial charge in [0.25, 0.3) is 0 Å². The zero-order valence-corrected chi connectivity index (χ0v) is 10.8. The monoisotopic (exact) mass is 249 g/mol. The SMILES string of the molecule is CCc1nc(N)c(C)c(SCc2ccco2)n1. The smallest absolute Gasteiger partial charge is 0.131 e. The highest BCUT2D eigenvalue weighted by molar-refractivity contribution is 7.98. The maximum atomic E-state index is 5.86. The zero-order chi connectivity index (χ0) is 12.3. The van der Waals surface area contributed by atoms with E-state index in [9.17, 15) is 0 Å². The van der Waals surface area contributed by atoms with Gasteiger partial charge in [-0.3, -0.25) is 0 Å². The van der Waals surface area contributed by atoms with Crippen molar-refractivity contribution in [2.24, 2.45) is 0 Å². The van der Waals surface area contributed by atoms with Crippen LogP contribution in [0.1, 0.15) is 24.1 Å². The third-order valence-electron chi connectivity index (χ3n) is 2.43. The Kier molecular flexibility index (Phi) is 3.68. The van der Waals surface area contributed by atoms with E-state index in [0.717, 1.165) is 34.3 Å². The lowest BCUT2D eigenvalue weighted by atomic mass is 10.3. The van der Waals surface area contributed by atoms with Gasteiger partial charge in [-0.05, 0) is 19.1 Å². The Morgan fingerprint density at radius 1 is 1.41 bits per heavy atom. The lowest BCUT2D eigenvalue weighted by Gasteiger charge is -2.07. The molecule has 0 spiro atoms. The van der Waals surface area contributed by atoms with Crippen LogP contribution < -0.4 is 5.73 Å². The summed E-state index contributed by atoms with van der Waals surface area (Å²) in [7, 11) is 0. The summed E-state index contributed by atoms with van der Waals surface area (Å²) >= 11 is 1.62. The molecule has 0 amide bonds. The summed E-state index contributed by atoms with van der Waals surface area (Å²) in [6.45, 7) is 3.96. The summed E-state index contributed by atoms with van der Waals surface area (Å²) in [5, 5.41) is 0.936. The van der Waals surface area contributed by atoms with Crippen molar-refractivity contribution in [2.45, 2.75) is 31.0 Å². The van der Waals surface area contributed by atoms with E-state index in [1.807, 2.05) is 26.0 Å². The number of rotatable bonds is 4. The van der Waals surface area contributed by atoms with Gasteiger partial charge < -0.3 is 10.2 Å². The van der Waals surface area contributed by atoms with Crippen molar-refractivity contribution in [3.63, 3.8) is 0 Å². The second kappa shape index (κ2) is 5.23. The van der Waals surface area contributed by atoms with Crippen LogP contribution in [0.5, 0.6) is 0 Å². The predicted molar refractivity (Wildman–Crippen MR) is 68.8 cm³/mol. The van der Waals surface area contributed by atoms with E-state index in [2.05, 4.69) is 9.97 Å². The highest BCUT2D eigenvalue weighted by atomic mass is 32.2. The molecule has 90 valence electrons. The first-order valence-corrected chi connectivity index (χ1v) is 6.47. The van der Waals surface area contributed by atoms with Crippen LogP contribution in [0.2, 0.25) is 0 Å². The highest BCUT2D eigenvalue weighted by Gasteiger charge is 2.09. The standard InChI is InChI=1S/C12H15N3OS/c1-3-10-14-11(13)8(2)12(15-10)17-7-9-5-4-6-16-9/h4-6H,3,7H2,1-2H3,(H2,13,14,15). The summed E-state index contributed by atoms with van der Waals surface area (Å²) in [5.41, 5.74) is 6.80. The van der Waals surface area contributed by atoms with Gasteiger partial charge in [0.1, 0.15) is 22.4 Å². The summed E-state index contributed by atoms with van der Waals surface area (Å²) in [5.74, 6) is 3.05. The molecule has 0 aromatic carbocycles. The van der Waals surface area contributed by atoms with Crippen LogP contribution in [0.3, 0.4) is 0 Å². The number of aryl methyl sites for hydroxylation is 1. The van der Waals surface area contributed by atoms with Crippen molar-refractivity contribution in [3.8, 4) is 0 Å². The fourth-order valence-corrected chi connectivity index (χ4v) is 2.33. The van der Waals surface area contributed by atoms with Crippen LogP contribution in [0.4, 0.5) is 5.82 Å². The molecule has 2 N–H and O–H groups in total. The summed E-state index contributed by atoms with van der Waals surface area (Å²) in [6.07, 6.45) is 2.47. The first-order chi connectivity index (χ1) is 8.20. The Morgan fingerprint density at radius 3 is 2.88 bits per heavy atom. The maximum absolute atomic E-state index is 5.86. The van der Waals surface area contributed by atoms with E-state index in [4.69, 9.17) is 10.2 Å². The number of anilines is 1. The van der Waals surface area contributed by atoms with Gasteiger partial charge in [0, 0.05) is 12.0 Å². The molecule has 0 radical (unpaired) electrons. The zero-order valence-electron chi connectivity index (χ0n) is 9.93. The number of nitrogens with two attached hydrogens (primary N) is 1. The number of nitrogen functional groups attached to an aromatic ring is 1. The van der Waals surface area contributed by atoms with Crippen molar-refractivity contribution in [1.82, 2.24) is 9.97 Å². The van der Waals surface area contributed by atoms with E-state index >= 15 is 0 Å². The van der Waals surface area contributed by atoms with Crippen LogP contribution in [0.25, 0.3) is 0 Å². The van der Waals surface area contributed by atoms with E-state index in [1.165, 1.54) is 0 Å². The van der Waals surface area contributed by atoms with Gasteiger partial charge >= 0.3 is 0 Å². The molecule has 2 rings (SSSR count). The van der Waals surface area contributed by atoms with E-state index in [1.54, 1.807) is 18.0 Å². The lowest BCUT2D eigenvalue weighted by Crippen LogP contribution is -2.03. The number of thioether (sulfide) groups is 1. The van der Waals surface area contributed by atoms with Crippen molar-refractivity contribution < 1.29 is 4.42 Å². The molecule has 0 saturated heterocycles. The molecule has 2 heterocycles. The average Bonchev–Trinajstić information content (AvgIpc) is 2.84. The second-order valence-corrected chi connectivity index (χ2v) is 4.64. The molecule has 5 heteroatoms. The van der Waals surface area contributed by atoms with Gasteiger partial charge in [-0.25, -0.2) is 9.97 Å². The number of furan rings is 1. The van der Waals surface area contributed by atoms with Crippen LogP contribution in [-0.4, -0.2) is 9.97 Å². The van der Waals surface area contributed by atoms with Gasteiger partial charge in [-0.15, -0.1) is 0 Å². The summed E-state index contributed by atoms with van der Waals surface area (Å²) < 4.78 is 5.29. The minimum atomic E-state index is 0.568. The molecular formula is C12H15N3OS. The molecule has 17 heavy (non-hydrogen) atoms. The largest absolute Gasteiger partial charge is 0.468 e.